The highest BCUT2D eigenvalue weighted by atomic mass is 16.5. The molecule has 0 saturated heterocycles. The number of methoxy groups -OCH3 is 1. The van der Waals surface area contributed by atoms with Gasteiger partial charge in [0.15, 0.2) is 0 Å². The van der Waals surface area contributed by atoms with E-state index in [0.717, 1.165) is 19.3 Å². The maximum absolute atomic E-state index is 11.6. The van der Waals surface area contributed by atoms with Crippen molar-refractivity contribution in [3.8, 4) is 0 Å². The third-order valence-electron chi connectivity index (χ3n) is 4.06. The predicted octanol–water partition coefficient (Wildman–Crippen LogP) is 0.638. The molecule has 1 amide bonds. The van der Waals surface area contributed by atoms with Gasteiger partial charge < -0.3 is 15.2 Å². The normalized spacial score (nSPS) is 34.9. The summed E-state index contributed by atoms with van der Waals surface area (Å²) in [6, 6.07) is -0.171. The molecule has 4 unspecified atom stereocenters. The molecular weight excluding hydrogens is 222 g/mol. The van der Waals surface area contributed by atoms with Crippen LogP contribution < -0.4 is 5.32 Å². The number of hydrogen-bond acceptors (Lipinski definition) is 3. The minimum atomic E-state index is -0.769. The van der Waals surface area contributed by atoms with Crippen LogP contribution in [0.2, 0.25) is 0 Å². The number of fused-ring (bicyclic) bond motifs is 2. The number of carbonyl (C=O) groups is 2. The molecule has 0 spiro atoms. The van der Waals surface area contributed by atoms with Crippen molar-refractivity contribution in [3.63, 3.8) is 0 Å². The number of carbonyl (C=O) groups excluding carboxylic acids is 1. The first-order valence-corrected chi connectivity index (χ1v) is 6.14. The van der Waals surface area contributed by atoms with Crippen LogP contribution in [0, 0.1) is 17.8 Å². The van der Waals surface area contributed by atoms with E-state index in [1.807, 2.05) is 0 Å². The zero-order chi connectivity index (χ0) is 12.4. The monoisotopic (exact) mass is 241 g/mol. The van der Waals surface area contributed by atoms with Gasteiger partial charge in [-0.3, -0.25) is 9.59 Å². The summed E-state index contributed by atoms with van der Waals surface area (Å²) in [7, 11) is 1.55. The molecule has 5 nitrogen and oxygen atoms in total. The van der Waals surface area contributed by atoms with Gasteiger partial charge in [-0.15, -0.1) is 0 Å². The molecule has 0 radical (unpaired) electrons. The Labute approximate surface area is 101 Å². The fourth-order valence-corrected chi connectivity index (χ4v) is 3.31. The molecule has 0 aliphatic heterocycles. The molecule has 2 aliphatic rings. The highest BCUT2D eigenvalue weighted by Crippen LogP contribution is 2.48. The maximum atomic E-state index is 11.6. The van der Waals surface area contributed by atoms with Crippen LogP contribution in [0.4, 0.5) is 0 Å². The molecule has 0 aromatic heterocycles. The number of carboxylic acids is 1. The summed E-state index contributed by atoms with van der Waals surface area (Å²) in [5.74, 6) is -0.650. The lowest BCUT2D eigenvalue weighted by atomic mass is 9.84. The van der Waals surface area contributed by atoms with E-state index in [1.54, 1.807) is 7.11 Å². The number of amides is 1. The minimum absolute atomic E-state index is 0.101. The highest BCUT2D eigenvalue weighted by Gasteiger charge is 2.51. The van der Waals surface area contributed by atoms with E-state index in [1.165, 1.54) is 0 Å². The molecule has 2 rings (SSSR count). The van der Waals surface area contributed by atoms with Crippen molar-refractivity contribution in [3.05, 3.63) is 0 Å². The van der Waals surface area contributed by atoms with E-state index >= 15 is 0 Å². The Kier molecular flexibility index (Phi) is 3.66. The SMILES string of the molecule is COCCC(=O)NC1C2CCC(C2)C1C(=O)O. The van der Waals surface area contributed by atoms with Crippen molar-refractivity contribution in [2.24, 2.45) is 17.8 Å². The lowest BCUT2D eigenvalue weighted by Crippen LogP contribution is -2.47. The molecule has 0 aromatic rings. The van der Waals surface area contributed by atoms with Crippen molar-refractivity contribution in [1.82, 2.24) is 5.32 Å². The van der Waals surface area contributed by atoms with Gasteiger partial charge >= 0.3 is 5.97 Å². The van der Waals surface area contributed by atoms with Crippen LogP contribution in [0.5, 0.6) is 0 Å². The van der Waals surface area contributed by atoms with Crippen LogP contribution >= 0.6 is 0 Å². The minimum Gasteiger partial charge on any atom is -0.481 e. The molecule has 2 aliphatic carbocycles. The number of nitrogens with one attached hydrogen (secondary N) is 1. The van der Waals surface area contributed by atoms with Gasteiger partial charge in [0.2, 0.25) is 5.91 Å². The summed E-state index contributed by atoms with van der Waals surface area (Å²) in [6.07, 6.45) is 3.29. The Morgan fingerprint density at radius 3 is 2.71 bits per heavy atom. The first kappa shape index (κ1) is 12.4. The van der Waals surface area contributed by atoms with E-state index in [9.17, 15) is 14.7 Å². The first-order valence-electron chi connectivity index (χ1n) is 6.14. The molecule has 17 heavy (non-hydrogen) atoms. The zero-order valence-electron chi connectivity index (χ0n) is 10.0. The molecule has 96 valence electrons. The molecular formula is C12H19NO4. The molecule has 2 fully saturated rings. The smallest absolute Gasteiger partial charge is 0.308 e. The molecule has 0 aromatic carbocycles. The third-order valence-corrected chi connectivity index (χ3v) is 4.06. The van der Waals surface area contributed by atoms with E-state index in [-0.39, 0.29) is 23.8 Å². The van der Waals surface area contributed by atoms with Gasteiger partial charge in [-0.05, 0) is 31.1 Å². The molecule has 0 heterocycles. The van der Waals surface area contributed by atoms with Crippen LogP contribution in [0.25, 0.3) is 0 Å². The highest BCUT2D eigenvalue weighted by molar-refractivity contribution is 5.78. The predicted molar refractivity (Wildman–Crippen MR) is 60.4 cm³/mol. The maximum Gasteiger partial charge on any atom is 0.308 e. The van der Waals surface area contributed by atoms with E-state index in [2.05, 4.69) is 5.32 Å². The van der Waals surface area contributed by atoms with Crippen molar-refractivity contribution in [2.45, 2.75) is 31.7 Å². The second-order valence-electron chi connectivity index (χ2n) is 5.03. The molecule has 4 atom stereocenters. The van der Waals surface area contributed by atoms with Crippen LogP contribution in [-0.2, 0) is 14.3 Å². The van der Waals surface area contributed by atoms with Crippen molar-refractivity contribution >= 4 is 11.9 Å². The molecule has 2 bridgehead atoms. The van der Waals surface area contributed by atoms with Crippen molar-refractivity contribution < 1.29 is 19.4 Å². The number of carboxylic acid groups (broad SMARTS) is 1. The third kappa shape index (κ3) is 2.44. The van der Waals surface area contributed by atoms with E-state index in [4.69, 9.17) is 4.74 Å². The molecule has 2 saturated carbocycles. The Bertz CT molecular complexity index is 318. The quantitative estimate of drug-likeness (QED) is 0.740. The average Bonchev–Trinajstić information content (AvgIpc) is 2.86. The summed E-state index contributed by atoms with van der Waals surface area (Å²) in [5, 5.41) is 12.1. The van der Waals surface area contributed by atoms with Gasteiger partial charge in [-0.2, -0.15) is 0 Å². The largest absolute Gasteiger partial charge is 0.481 e. The van der Waals surface area contributed by atoms with Gasteiger partial charge in [0, 0.05) is 19.6 Å². The van der Waals surface area contributed by atoms with Crippen LogP contribution in [0.1, 0.15) is 25.7 Å². The second-order valence-corrected chi connectivity index (χ2v) is 5.03. The van der Waals surface area contributed by atoms with Crippen LogP contribution in [-0.4, -0.2) is 36.7 Å². The number of ether oxygens (including phenoxy) is 1. The van der Waals surface area contributed by atoms with Crippen molar-refractivity contribution in [2.75, 3.05) is 13.7 Å². The topological polar surface area (TPSA) is 75.6 Å². The Morgan fingerprint density at radius 1 is 1.35 bits per heavy atom. The number of aliphatic carboxylic acids is 1. The Morgan fingerprint density at radius 2 is 2.06 bits per heavy atom. The fraction of sp³-hybridized carbons (Fsp3) is 0.833. The zero-order valence-corrected chi connectivity index (χ0v) is 10.0. The van der Waals surface area contributed by atoms with Gasteiger partial charge in [0.05, 0.1) is 12.5 Å². The first-order chi connectivity index (χ1) is 8.13. The van der Waals surface area contributed by atoms with Crippen LogP contribution in [0.3, 0.4) is 0 Å². The molecule has 5 heteroatoms. The second kappa shape index (κ2) is 5.04. The van der Waals surface area contributed by atoms with Gasteiger partial charge in [0.25, 0.3) is 0 Å². The van der Waals surface area contributed by atoms with Gasteiger partial charge in [0.1, 0.15) is 0 Å². The summed E-state index contributed by atoms with van der Waals surface area (Å²) in [4.78, 5) is 22.8. The summed E-state index contributed by atoms with van der Waals surface area (Å²) < 4.78 is 4.84. The summed E-state index contributed by atoms with van der Waals surface area (Å²) in [6.45, 7) is 0.379. The Hall–Kier alpha value is -1.10. The fourth-order valence-electron chi connectivity index (χ4n) is 3.31. The Balaban J connectivity index is 1.94. The average molecular weight is 241 g/mol. The standard InChI is InChI=1S/C12H19NO4/c1-17-5-4-9(14)13-11-8-3-2-7(6-8)10(11)12(15)16/h7-8,10-11H,2-6H2,1H3,(H,13,14)(H,15,16). The summed E-state index contributed by atoms with van der Waals surface area (Å²) in [5.41, 5.74) is 0. The number of rotatable bonds is 5. The lowest BCUT2D eigenvalue weighted by Gasteiger charge is -2.28. The van der Waals surface area contributed by atoms with Crippen LogP contribution in [0.15, 0.2) is 0 Å². The number of hydrogen-bond donors (Lipinski definition) is 2. The van der Waals surface area contributed by atoms with E-state index < -0.39 is 5.97 Å². The van der Waals surface area contributed by atoms with Crippen molar-refractivity contribution in [1.29, 1.82) is 0 Å². The molecule has 2 N–H and O–H groups in total. The van der Waals surface area contributed by atoms with Gasteiger partial charge in [-0.25, -0.2) is 0 Å². The van der Waals surface area contributed by atoms with Gasteiger partial charge in [-0.1, -0.05) is 0 Å². The lowest BCUT2D eigenvalue weighted by molar-refractivity contribution is -0.144. The van der Waals surface area contributed by atoms with E-state index in [0.29, 0.717) is 18.9 Å². The summed E-state index contributed by atoms with van der Waals surface area (Å²) >= 11 is 0.